The number of hydrogen-bond acceptors (Lipinski definition) is 9. The lowest BCUT2D eigenvalue weighted by atomic mass is 10.0. The van der Waals surface area contributed by atoms with Gasteiger partial charge in [0.2, 0.25) is 17.7 Å². The first kappa shape index (κ1) is 79.3. The first-order valence-electron chi connectivity index (χ1n) is 36.1. The SMILES string of the molecule is CCC(CC)N(CCCOC(CC)(OCCCN(C(=O)C(CC(C)C)P(=O)(c1ccccc1)c1ccccc1)C(CC)CC)OCCCN(C(=O)C(CC(C)C)P(=O)(c1ccccc1)c1ccccc1)C(CC)CC)C(=O)C(CC(C)C)P(=O)(c1ccccc1)c1ccccc1. The summed E-state index contributed by atoms with van der Waals surface area (Å²) < 4.78 is 69.3. The first-order chi connectivity index (χ1) is 46.2. The summed E-state index contributed by atoms with van der Waals surface area (Å²) >= 11 is 0. The van der Waals surface area contributed by atoms with Gasteiger partial charge in [0.1, 0.15) is 0 Å². The molecular formula is C81H116N3O9P3. The molecule has 6 rings (SSSR count). The van der Waals surface area contributed by atoms with Crippen LogP contribution in [0.15, 0.2) is 182 Å². The molecule has 0 aliphatic carbocycles. The molecule has 0 saturated heterocycles. The standard InChI is InChI=1S/C81H116N3O9P3/c1-14-66(15-2)82(78(85)75(60-63(8)9)94(88,69-42-27-21-28-43-69)70-44-29-22-30-45-70)54-39-57-91-81(20-7,92-58-40-55-83(67(16-3)17-4)79(86)76(61-64(10)11)95(89,71-46-31-23-32-47-71)72-48-33-24-34-49-72)93-59-41-56-84(68(18-5)19-6)80(87)77(62-65(12)13)96(90,73-50-35-25-36-51-73)74-52-37-26-38-53-74/h21-38,42-53,63-68,75-77H,14-20,39-41,54-62H2,1-13H3. The van der Waals surface area contributed by atoms with Crippen molar-refractivity contribution in [2.75, 3.05) is 39.5 Å². The van der Waals surface area contributed by atoms with E-state index in [1.165, 1.54) is 0 Å². The number of carbonyl (C=O) groups is 3. The summed E-state index contributed by atoms with van der Waals surface area (Å²) in [5, 5.41) is 3.97. The van der Waals surface area contributed by atoms with Gasteiger partial charge >= 0.3 is 0 Å². The van der Waals surface area contributed by atoms with Gasteiger partial charge < -0.3 is 42.6 Å². The van der Waals surface area contributed by atoms with Crippen LogP contribution in [0.2, 0.25) is 0 Å². The predicted molar refractivity (Wildman–Crippen MR) is 402 cm³/mol. The van der Waals surface area contributed by atoms with E-state index >= 15 is 28.1 Å². The summed E-state index contributed by atoms with van der Waals surface area (Å²) in [6, 6.07) is 56.7. The molecule has 6 aromatic carbocycles. The van der Waals surface area contributed by atoms with Crippen molar-refractivity contribution in [2.45, 2.75) is 215 Å². The Morgan fingerprint density at radius 1 is 0.333 bits per heavy atom. The molecular weight excluding hydrogens is 1250 g/mol. The van der Waals surface area contributed by atoms with Crippen molar-refractivity contribution in [3.8, 4) is 0 Å². The molecule has 0 heterocycles. The Hall–Kier alpha value is -5.70. The van der Waals surface area contributed by atoms with Crippen molar-refractivity contribution in [1.29, 1.82) is 0 Å². The van der Waals surface area contributed by atoms with Gasteiger partial charge in [-0.1, -0.05) is 272 Å². The molecule has 12 nitrogen and oxygen atoms in total. The number of ether oxygens (including phenoxy) is 3. The van der Waals surface area contributed by atoms with Crippen molar-refractivity contribution in [2.24, 2.45) is 17.8 Å². The summed E-state index contributed by atoms with van der Waals surface area (Å²) in [4.78, 5) is 52.9. The number of amides is 3. The molecule has 0 aliphatic rings. The zero-order valence-electron chi connectivity index (χ0n) is 60.3. The van der Waals surface area contributed by atoms with Crippen LogP contribution < -0.4 is 31.8 Å². The minimum Gasteiger partial charge on any atom is -0.339 e. The van der Waals surface area contributed by atoms with E-state index in [0.717, 1.165) is 0 Å². The minimum atomic E-state index is -3.55. The fourth-order valence-electron chi connectivity index (χ4n) is 14.0. The highest BCUT2D eigenvalue weighted by Crippen LogP contribution is 2.54. The van der Waals surface area contributed by atoms with Crippen LogP contribution in [0.1, 0.15) is 173 Å². The van der Waals surface area contributed by atoms with E-state index in [1.807, 2.05) is 204 Å². The van der Waals surface area contributed by atoms with E-state index in [4.69, 9.17) is 14.2 Å². The van der Waals surface area contributed by atoms with Gasteiger partial charge in [-0.3, -0.25) is 14.4 Å². The monoisotopic (exact) mass is 1370 g/mol. The Bertz CT molecular complexity index is 2880. The van der Waals surface area contributed by atoms with Crippen LogP contribution in [0.4, 0.5) is 0 Å². The van der Waals surface area contributed by atoms with Crippen molar-refractivity contribution >= 4 is 71.0 Å². The number of hydrogen-bond donors (Lipinski definition) is 0. The highest BCUT2D eigenvalue weighted by molar-refractivity contribution is 7.81. The van der Waals surface area contributed by atoms with E-state index in [0.29, 0.717) is 129 Å². The smallest absolute Gasteiger partial charge is 0.282 e. The lowest BCUT2D eigenvalue weighted by Crippen LogP contribution is -2.49. The summed E-state index contributed by atoms with van der Waals surface area (Å²) in [6.07, 6.45) is 7.08. The summed E-state index contributed by atoms with van der Waals surface area (Å²) in [6.45, 7) is 28.5. The van der Waals surface area contributed by atoms with Crippen LogP contribution in [0.5, 0.6) is 0 Å². The molecule has 0 fully saturated rings. The maximum absolute atomic E-state index is 16.2. The third-order valence-corrected chi connectivity index (χ3v) is 29.4. The zero-order chi connectivity index (χ0) is 69.9. The first-order valence-corrected chi connectivity index (χ1v) is 41.5. The summed E-state index contributed by atoms with van der Waals surface area (Å²) in [7, 11) is -10.6. The molecule has 0 spiro atoms. The van der Waals surface area contributed by atoms with E-state index < -0.39 is 44.4 Å². The second kappa shape index (κ2) is 39.2. The largest absolute Gasteiger partial charge is 0.339 e. The number of nitrogens with zero attached hydrogens (tertiary/aromatic N) is 3. The Kier molecular flexibility index (Phi) is 32.4. The Labute approximate surface area is 578 Å². The van der Waals surface area contributed by atoms with Crippen molar-refractivity contribution in [1.82, 2.24) is 14.7 Å². The van der Waals surface area contributed by atoms with Gasteiger partial charge in [-0.2, -0.15) is 0 Å². The van der Waals surface area contributed by atoms with Crippen LogP contribution in [0, 0.1) is 17.8 Å². The fraction of sp³-hybridized carbons (Fsp3) is 0.519. The third kappa shape index (κ3) is 20.0. The minimum absolute atomic E-state index is 0.0738. The molecule has 96 heavy (non-hydrogen) atoms. The summed E-state index contributed by atoms with van der Waals surface area (Å²) in [5.74, 6) is -1.75. The zero-order valence-corrected chi connectivity index (χ0v) is 63.0. The number of rotatable bonds is 43. The molecule has 3 unspecified atom stereocenters. The van der Waals surface area contributed by atoms with Gasteiger partial charge in [-0.15, -0.1) is 0 Å². The van der Waals surface area contributed by atoms with Gasteiger partial charge in [0.25, 0.3) is 5.97 Å². The van der Waals surface area contributed by atoms with Gasteiger partial charge in [0.05, 0.1) is 36.8 Å². The molecule has 15 heteroatoms. The Balaban J connectivity index is 1.34. The molecule has 0 aromatic heterocycles. The lowest BCUT2D eigenvalue weighted by molar-refractivity contribution is -0.382. The van der Waals surface area contributed by atoms with Crippen LogP contribution in [-0.2, 0) is 42.3 Å². The van der Waals surface area contributed by atoms with E-state index in [2.05, 4.69) is 83.1 Å². The average molecular weight is 1370 g/mol. The van der Waals surface area contributed by atoms with Crippen molar-refractivity contribution in [3.05, 3.63) is 182 Å². The molecule has 3 atom stereocenters. The molecule has 3 amide bonds. The van der Waals surface area contributed by atoms with Crippen LogP contribution >= 0.6 is 21.4 Å². The number of carbonyl (C=O) groups excluding carboxylic acids is 3. The third-order valence-electron chi connectivity index (χ3n) is 19.1. The van der Waals surface area contributed by atoms with E-state index in [1.54, 1.807) is 0 Å². The molecule has 0 aliphatic heterocycles. The van der Waals surface area contributed by atoms with E-state index in [9.17, 15) is 0 Å². The van der Waals surface area contributed by atoms with E-state index in [-0.39, 0.29) is 79.8 Å². The quantitative estimate of drug-likeness (QED) is 0.0208. The Morgan fingerprint density at radius 3 is 0.677 bits per heavy atom. The average Bonchev–Trinajstić information content (AvgIpc) is 0.775. The second-order valence-corrected chi connectivity index (χ2v) is 36.0. The second-order valence-electron chi connectivity index (χ2n) is 27.1. The van der Waals surface area contributed by atoms with Gasteiger partial charge in [0.15, 0.2) is 21.4 Å². The van der Waals surface area contributed by atoms with Gasteiger partial charge in [-0.25, -0.2) is 0 Å². The molecule has 524 valence electrons. The van der Waals surface area contributed by atoms with Gasteiger partial charge in [-0.05, 0) is 94.8 Å². The molecule has 0 radical (unpaired) electrons. The highest BCUT2D eigenvalue weighted by atomic mass is 31.2. The molecule has 0 saturated carbocycles. The molecule has 0 bridgehead atoms. The van der Waals surface area contributed by atoms with Crippen molar-refractivity contribution < 1.29 is 42.3 Å². The molecule has 6 aromatic rings. The highest BCUT2D eigenvalue weighted by Gasteiger charge is 2.48. The van der Waals surface area contributed by atoms with Crippen LogP contribution in [0.25, 0.3) is 0 Å². The maximum Gasteiger partial charge on any atom is 0.282 e. The number of benzene rings is 6. The molecule has 0 N–H and O–H groups in total. The van der Waals surface area contributed by atoms with Crippen LogP contribution in [-0.4, -0.2) is 113 Å². The topological polar surface area (TPSA) is 140 Å². The Morgan fingerprint density at radius 2 is 0.521 bits per heavy atom. The predicted octanol–water partition coefficient (Wildman–Crippen LogP) is 16.6. The lowest BCUT2D eigenvalue weighted by Gasteiger charge is -2.39. The maximum atomic E-state index is 16.2. The van der Waals surface area contributed by atoms with Gasteiger partial charge in [0, 0.05) is 76.0 Å². The normalized spacial score (nSPS) is 13.9. The van der Waals surface area contributed by atoms with Crippen molar-refractivity contribution in [3.63, 3.8) is 0 Å². The summed E-state index contributed by atoms with van der Waals surface area (Å²) in [5.41, 5.74) is -2.43. The fourth-order valence-corrected chi connectivity index (χ4v) is 24.3. The van der Waals surface area contributed by atoms with Crippen LogP contribution in [0.3, 0.4) is 0 Å².